The van der Waals surface area contributed by atoms with Crippen LogP contribution in [-0.4, -0.2) is 67.5 Å². The molecule has 1 aromatic heterocycles. The smallest absolute Gasteiger partial charge is 0.169 e. The van der Waals surface area contributed by atoms with E-state index >= 15 is 0 Å². The van der Waals surface area contributed by atoms with Crippen molar-refractivity contribution in [3.05, 3.63) is 29.3 Å². The molecule has 3 heterocycles. The summed E-state index contributed by atoms with van der Waals surface area (Å²) in [5, 5.41) is 5.64. The van der Waals surface area contributed by atoms with E-state index in [0.29, 0.717) is 5.92 Å². The van der Waals surface area contributed by atoms with E-state index in [4.69, 9.17) is 21.9 Å². The number of morpholine rings is 1. The number of fused-ring (bicyclic) bond motifs is 1. The van der Waals surface area contributed by atoms with Crippen molar-refractivity contribution in [1.29, 1.82) is 0 Å². The zero-order chi connectivity index (χ0) is 17.8. The lowest BCUT2D eigenvalue weighted by Gasteiger charge is -2.34. The molecule has 0 radical (unpaired) electrons. The highest BCUT2D eigenvalue weighted by molar-refractivity contribution is 7.80. The van der Waals surface area contributed by atoms with E-state index in [1.807, 2.05) is 11.3 Å². The molecular formula is C19H27N4OS2+. The molecule has 0 saturated carbocycles. The number of ether oxygens (including phenoxy) is 1. The van der Waals surface area contributed by atoms with Gasteiger partial charge in [0.1, 0.15) is 13.1 Å². The number of piperidine rings is 1. The Morgan fingerprint density at radius 2 is 2.19 bits per heavy atom. The van der Waals surface area contributed by atoms with Gasteiger partial charge in [0, 0.05) is 19.0 Å². The first-order valence-corrected chi connectivity index (χ1v) is 10.8. The van der Waals surface area contributed by atoms with Crippen molar-refractivity contribution in [2.45, 2.75) is 18.8 Å². The van der Waals surface area contributed by atoms with Crippen molar-refractivity contribution in [1.82, 2.24) is 15.2 Å². The third-order valence-electron chi connectivity index (χ3n) is 5.32. The number of likely N-dealkylation sites (tertiary alicyclic amines) is 1. The van der Waals surface area contributed by atoms with Crippen LogP contribution in [0.25, 0.3) is 10.2 Å². The van der Waals surface area contributed by atoms with Gasteiger partial charge in [-0.1, -0.05) is 12.1 Å². The number of benzene rings is 1. The molecule has 26 heavy (non-hydrogen) atoms. The molecule has 2 aliphatic rings. The Morgan fingerprint density at radius 1 is 1.35 bits per heavy atom. The molecule has 7 heteroatoms. The van der Waals surface area contributed by atoms with E-state index in [9.17, 15) is 0 Å². The van der Waals surface area contributed by atoms with E-state index in [1.54, 1.807) is 4.90 Å². The van der Waals surface area contributed by atoms with Gasteiger partial charge in [0.15, 0.2) is 5.11 Å². The first kappa shape index (κ1) is 18.1. The Labute approximate surface area is 164 Å². The number of nitrogens with zero attached hydrogens (tertiary/aromatic N) is 2. The number of quaternary nitrogens is 1. The maximum Gasteiger partial charge on any atom is 0.169 e. The molecule has 2 aromatic rings. The lowest BCUT2D eigenvalue weighted by molar-refractivity contribution is -0.906. The van der Waals surface area contributed by atoms with Crippen LogP contribution in [0.1, 0.15) is 23.8 Å². The minimum Gasteiger partial charge on any atom is -0.370 e. The molecule has 2 N–H and O–H groups in total. The maximum atomic E-state index is 5.67. The van der Waals surface area contributed by atoms with Crippen molar-refractivity contribution >= 4 is 38.9 Å². The zero-order valence-electron chi connectivity index (χ0n) is 15.1. The SMILES string of the molecule is S=C(NCC[NH+]1CCOCC1)N1CCC[C@@H](c2nc3ccccc3s2)C1. The highest BCUT2D eigenvalue weighted by Gasteiger charge is 2.25. The molecule has 2 fully saturated rings. The fourth-order valence-corrected chi connectivity index (χ4v) is 5.16. The van der Waals surface area contributed by atoms with Crippen molar-refractivity contribution in [3.63, 3.8) is 0 Å². The van der Waals surface area contributed by atoms with Crippen LogP contribution < -0.4 is 10.2 Å². The molecule has 1 aromatic carbocycles. The average molecular weight is 392 g/mol. The molecule has 5 nitrogen and oxygen atoms in total. The van der Waals surface area contributed by atoms with Crippen molar-refractivity contribution in [3.8, 4) is 0 Å². The Kier molecular flexibility index (Phi) is 5.99. The van der Waals surface area contributed by atoms with Crippen molar-refractivity contribution in [2.75, 3.05) is 52.5 Å². The summed E-state index contributed by atoms with van der Waals surface area (Å²) in [6, 6.07) is 8.43. The summed E-state index contributed by atoms with van der Waals surface area (Å²) in [4.78, 5) is 8.81. The van der Waals surface area contributed by atoms with Gasteiger partial charge in [0.2, 0.25) is 0 Å². The summed E-state index contributed by atoms with van der Waals surface area (Å²) < 4.78 is 6.70. The maximum absolute atomic E-state index is 5.67. The standard InChI is InChI=1S/C19H26N4OS2/c25-19(20-7-9-22-10-12-24-13-11-22)23-8-3-4-15(14-23)18-21-16-5-1-2-6-17(16)26-18/h1-2,5-6,15H,3-4,7-14H2,(H,20,25)/p+1/t15-/m1/s1. The molecule has 4 rings (SSSR count). The van der Waals surface area contributed by atoms with Crippen molar-refractivity contribution in [2.24, 2.45) is 0 Å². The minimum absolute atomic E-state index is 0.491. The van der Waals surface area contributed by atoms with Gasteiger partial charge in [0.25, 0.3) is 0 Å². The second-order valence-electron chi connectivity index (χ2n) is 7.15. The largest absolute Gasteiger partial charge is 0.370 e. The van der Waals surface area contributed by atoms with Crippen LogP contribution in [0.2, 0.25) is 0 Å². The summed E-state index contributed by atoms with van der Waals surface area (Å²) in [6.07, 6.45) is 2.38. The number of aromatic nitrogens is 1. The topological polar surface area (TPSA) is 41.8 Å². The number of thiazole rings is 1. The number of rotatable bonds is 4. The number of hydrogen-bond donors (Lipinski definition) is 2. The lowest BCUT2D eigenvalue weighted by atomic mass is 9.99. The van der Waals surface area contributed by atoms with Gasteiger partial charge in [-0.25, -0.2) is 4.98 Å². The van der Waals surface area contributed by atoms with Crippen LogP contribution in [0.3, 0.4) is 0 Å². The molecule has 0 bridgehead atoms. The molecule has 140 valence electrons. The quantitative estimate of drug-likeness (QED) is 0.769. The predicted octanol–water partition coefficient (Wildman–Crippen LogP) is 1.27. The van der Waals surface area contributed by atoms with Crippen LogP contribution in [0.15, 0.2) is 24.3 Å². The lowest BCUT2D eigenvalue weighted by Crippen LogP contribution is -3.14. The molecule has 0 amide bonds. The monoisotopic (exact) mass is 391 g/mol. The van der Waals surface area contributed by atoms with Crippen LogP contribution in [0.5, 0.6) is 0 Å². The van der Waals surface area contributed by atoms with Crippen molar-refractivity contribution < 1.29 is 9.64 Å². The van der Waals surface area contributed by atoms with Gasteiger partial charge >= 0.3 is 0 Å². The third-order valence-corrected chi connectivity index (χ3v) is 6.92. The first-order valence-electron chi connectivity index (χ1n) is 9.59. The normalized spacial score (nSPS) is 21.8. The van der Waals surface area contributed by atoms with E-state index in [0.717, 1.165) is 63.1 Å². The van der Waals surface area contributed by atoms with Crippen LogP contribution >= 0.6 is 23.6 Å². The average Bonchev–Trinajstić information content (AvgIpc) is 3.13. The highest BCUT2D eigenvalue weighted by Crippen LogP contribution is 2.32. The van der Waals surface area contributed by atoms with Gasteiger partial charge in [-0.05, 0) is 37.2 Å². The van der Waals surface area contributed by atoms with Crippen LogP contribution in [0, 0.1) is 0 Å². The Balaban J connectivity index is 1.30. The number of para-hydroxylation sites is 1. The van der Waals surface area contributed by atoms with Gasteiger partial charge in [-0.2, -0.15) is 0 Å². The van der Waals surface area contributed by atoms with E-state index < -0.39 is 0 Å². The highest BCUT2D eigenvalue weighted by atomic mass is 32.1. The minimum atomic E-state index is 0.491. The summed E-state index contributed by atoms with van der Waals surface area (Å²) in [7, 11) is 0. The molecule has 1 atom stereocenters. The molecule has 0 spiro atoms. The fourth-order valence-electron chi connectivity index (χ4n) is 3.80. The van der Waals surface area contributed by atoms with E-state index in [1.165, 1.54) is 22.5 Å². The third kappa shape index (κ3) is 4.34. The summed E-state index contributed by atoms with van der Waals surface area (Å²) in [6.45, 7) is 8.07. The van der Waals surface area contributed by atoms with E-state index in [2.05, 4.69) is 34.5 Å². The Morgan fingerprint density at radius 3 is 3.04 bits per heavy atom. The fraction of sp³-hybridized carbons (Fsp3) is 0.579. The summed E-state index contributed by atoms with van der Waals surface area (Å²) in [5.41, 5.74) is 1.12. The van der Waals surface area contributed by atoms with Gasteiger partial charge in [-0.3, -0.25) is 0 Å². The summed E-state index contributed by atoms with van der Waals surface area (Å²) in [5.74, 6) is 0.491. The van der Waals surface area contributed by atoms with Crippen LogP contribution in [0.4, 0.5) is 0 Å². The number of hydrogen-bond acceptors (Lipinski definition) is 4. The number of nitrogens with one attached hydrogen (secondary N) is 2. The first-order chi connectivity index (χ1) is 12.8. The Bertz CT molecular complexity index is 711. The van der Waals surface area contributed by atoms with Gasteiger partial charge < -0.3 is 19.9 Å². The second kappa shape index (κ2) is 8.61. The molecule has 0 aliphatic carbocycles. The van der Waals surface area contributed by atoms with Gasteiger partial charge in [0.05, 0.1) is 41.5 Å². The Hall–Kier alpha value is -1.28. The molecule has 0 unspecified atom stereocenters. The number of thiocarbonyl (C=S) groups is 1. The van der Waals surface area contributed by atoms with Crippen LogP contribution in [-0.2, 0) is 4.74 Å². The molecular weight excluding hydrogens is 364 g/mol. The zero-order valence-corrected chi connectivity index (χ0v) is 16.7. The molecule has 2 aliphatic heterocycles. The summed E-state index contributed by atoms with van der Waals surface area (Å²) >= 11 is 7.51. The van der Waals surface area contributed by atoms with E-state index in [-0.39, 0.29) is 0 Å². The molecule has 2 saturated heterocycles. The predicted molar refractivity (Wildman–Crippen MR) is 110 cm³/mol. The van der Waals surface area contributed by atoms with Gasteiger partial charge in [-0.15, -0.1) is 11.3 Å². The second-order valence-corrected chi connectivity index (χ2v) is 8.60.